The molecule has 1 amide bonds. The third kappa shape index (κ3) is 2.47. The number of nitrogens with zero attached hydrogens (tertiary/aromatic N) is 1. The molecule has 16 heavy (non-hydrogen) atoms. The molecule has 0 radical (unpaired) electrons. The molecule has 1 aliphatic heterocycles. The number of rotatable bonds is 2. The molecule has 0 bridgehead atoms. The zero-order chi connectivity index (χ0) is 11.5. The van der Waals surface area contributed by atoms with E-state index in [-0.39, 0.29) is 12.0 Å². The molecular weight excluding hydrogens is 290 g/mol. The molecule has 0 N–H and O–H groups in total. The van der Waals surface area contributed by atoms with E-state index in [1.807, 2.05) is 23.3 Å². The Morgan fingerprint density at radius 2 is 2.56 bits per heavy atom. The molecule has 0 spiro atoms. The molecule has 0 aromatic carbocycles. The molecule has 1 fully saturated rings. The summed E-state index contributed by atoms with van der Waals surface area (Å²) in [6.45, 7) is 3.99. The normalized spacial score (nSPS) is 21.1. The van der Waals surface area contributed by atoms with Crippen molar-refractivity contribution < 1.29 is 9.53 Å². The molecular formula is C11H14BrNO2S. The fourth-order valence-corrected chi connectivity index (χ4v) is 3.02. The van der Waals surface area contributed by atoms with Crippen LogP contribution in [0.2, 0.25) is 0 Å². The highest BCUT2D eigenvalue weighted by molar-refractivity contribution is 9.09. The summed E-state index contributed by atoms with van der Waals surface area (Å²) in [5.74, 6) is 0.141. The van der Waals surface area contributed by atoms with Gasteiger partial charge in [0.25, 0.3) is 5.91 Å². The number of thiophene rings is 1. The Kier molecular flexibility index (Phi) is 4.00. The molecule has 2 rings (SSSR count). The molecule has 1 aromatic rings. The van der Waals surface area contributed by atoms with Crippen molar-refractivity contribution in [2.45, 2.75) is 13.0 Å². The third-order valence-corrected chi connectivity index (χ3v) is 4.38. The maximum absolute atomic E-state index is 12.2. The quantitative estimate of drug-likeness (QED) is 0.785. The number of hydrogen-bond acceptors (Lipinski definition) is 3. The summed E-state index contributed by atoms with van der Waals surface area (Å²) >= 11 is 4.91. The Balaban J connectivity index is 2.07. The smallest absolute Gasteiger partial charge is 0.264 e. The summed E-state index contributed by atoms with van der Waals surface area (Å²) in [6, 6.07) is 1.99. The van der Waals surface area contributed by atoms with Crippen LogP contribution >= 0.6 is 27.3 Å². The largest absolute Gasteiger partial charge is 0.374 e. The van der Waals surface area contributed by atoms with Crippen LogP contribution in [-0.2, 0) is 4.74 Å². The number of amides is 1. The van der Waals surface area contributed by atoms with Crippen molar-refractivity contribution in [3.05, 3.63) is 21.9 Å². The molecule has 1 atom stereocenters. The van der Waals surface area contributed by atoms with Crippen molar-refractivity contribution in [2.24, 2.45) is 0 Å². The van der Waals surface area contributed by atoms with E-state index in [9.17, 15) is 4.79 Å². The lowest BCUT2D eigenvalue weighted by atomic mass is 10.2. The van der Waals surface area contributed by atoms with Crippen molar-refractivity contribution >= 4 is 33.2 Å². The first-order valence-corrected chi connectivity index (χ1v) is 7.23. The number of carbonyl (C=O) groups excluding carboxylic acids is 1. The second kappa shape index (κ2) is 5.29. The van der Waals surface area contributed by atoms with Gasteiger partial charge < -0.3 is 9.64 Å². The average molecular weight is 304 g/mol. The molecule has 0 saturated carbocycles. The third-order valence-electron chi connectivity index (χ3n) is 2.65. The number of ether oxygens (including phenoxy) is 1. The first-order valence-electron chi connectivity index (χ1n) is 5.23. The maximum Gasteiger partial charge on any atom is 0.264 e. The summed E-state index contributed by atoms with van der Waals surface area (Å²) < 4.78 is 5.52. The molecule has 5 heteroatoms. The van der Waals surface area contributed by atoms with Crippen molar-refractivity contribution in [1.82, 2.24) is 4.90 Å². The van der Waals surface area contributed by atoms with Crippen LogP contribution in [0.25, 0.3) is 0 Å². The minimum absolute atomic E-state index is 0.123. The van der Waals surface area contributed by atoms with Gasteiger partial charge in [0.2, 0.25) is 0 Å². The number of aryl methyl sites for hydroxylation is 1. The van der Waals surface area contributed by atoms with Crippen molar-refractivity contribution in [2.75, 3.05) is 25.0 Å². The van der Waals surface area contributed by atoms with Crippen molar-refractivity contribution in [3.63, 3.8) is 0 Å². The van der Waals surface area contributed by atoms with Crippen LogP contribution in [-0.4, -0.2) is 41.9 Å². The van der Waals surface area contributed by atoms with Crippen LogP contribution in [0.15, 0.2) is 11.4 Å². The fourth-order valence-electron chi connectivity index (χ4n) is 1.73. The zero-order valence-corrected chi connectivity index (χ0v) is 11.5. The lowest BCUT2D eigenvalue weighted by Crippen LogP contribution is -2.46. The van der Waals surface area contributed by atoms with Gasteiger partial charge in [-0.3, -0.25) is 4.79 Å². The highest BCUT2D eigenvalue weighted by Crippen LogP contribution is 2.19. The van der Waals surface area contributed by atoms with Crippen LogP contribution in [0, 0.1) is 6.92 Å². The second-order valence-electron chi connectivity index (χ2n) is 3.83. The number of carbonyl (C=O) groups is 1. The standard InChI is InChI=1S/C11H14BrNO2S/c1-8-2-5-16-10(8)11(14)13-3-4-15-9(6-12)7-13/h2,5,9H,3-4,6-7H2,1H3. The molecule has 1 unspecified atom stereocenters. The van der Waals surface area contributed by atoms with Crippen LogP contribution in [0.5, 0.6) is 0 Å². The summed E-state index contributed by atoms with van der Waals surface area (Å²) in [4.78, 5) is 14.9. The second-order valence-corrected chi connectivity index (χ2v) is 5.39. The minimum Gasteiger partial charge on any atom is -0.374 e. The molecule has 1 aliphatic rings. The van der Waals surface area contributed by atoms with Gasteiger partial charge in [0.1, 0.15) is 0 Å². The molecule has 88 valence electrons. The number of alkyl halides is 1. The van der Waals surface area contributed by atoms with E-state index in [1.165, 1.54) is 11.3 Å². The van der Waals surface area contributed by atoms with Crippen molar-refractivity contribution in [3.8, 4) is 0 Å². The highest BCUT2D eigenvalue weighted by atomic mass is 79.9. The van der Waals surface area contributed by atoms with E-state index < -0.39 is 0 Å². The van der Waals surface area contributed by atoms with Gasteiger partial charge in [0.15, 0.2) is 0 Å². The molecule has 1 aromatic heterocycles. The van der Waals surface area contributed by atoms with Gasteiger partial charge in [0.05, 0.1) is 17.6 Å². The van der Waals surface area contributed by atoms with Gasteiger partial charge >= 0.3 is 0 Å². The Morgan fingerprint density at radius 1 is 1.75 bits per heavy atom. The predicted octanol–water partition coefficient (Wildman–Crippen LogP) is 2.29. The van der Waals surface area contributed by atoms with Gasteiger partial charge in [0, 0.05) is 18.4 Å². The number of halogens is 1. The Morgan fingerprint density at radius 3 is 3.19 bits per heavy atom. The van der Waals surface area contributed by atoms with Crippen LogP contribution in [0.1, 0.15) is 15.2 Å². The Bertz CT molecular complexity index is 380. The maximum atomic E-state index is 12.2. The van der Waals surface area contributed by atoms with Gasteiger partial charge in [-0.1, -0.05) is 15.9 Å². The van der Waals surface area contributed by atoms with Crippen molar-refractivity contribution in [1.29, 1.82) is 0 Å². The molecule has 1 saturated heterocycles. The monoisotopic (exact) mass is 303 g/mol. The van der Waals surface area contributed by atoms with E-state index in [0.717, 1.165) is 15.8 Å². The minimum atomic E-state index is 0.123. The summed E-state index contributed by atoms with van der Waals surface area (Å²) in [6.07, 6.45) is 0.123. The van der Waals surface area contributed by atoms with Crippen LogP contribution < -0.4 is 0 Å². The van der Waals surface area contributed by atoms with Gasteiger partial charge in [-0.25, -0.2) is 0 Å². The zero-order valence-electron chi connectivity index (χ0n) is 9.11. The topological polar surface area (TPSA) is 29.5 Å². The average Bonchev–Trinajstić information content (AvgIpc) is 2.74. The van der Waals surface area contributed by atoms with E-state index >= 15 is 0 Å². The van der Waals surface area contributed by atoms with E-state index in [0.29, 0.717) is 19.7 Å². The summed E-state index contributed by atoms with van der Waals surface area (Å²) in [5.41, 5.74) is 1.07. The van der Waals surface area contributed by atoms with Crippen LogP contribution in [0.3, 0.4) is 0 Å². The SMILES string of the molecule is Cc1ccsc1C(=O)N1CCOC(CBr)C1. The molecule has 3 nitrogen and oxygen atoms in total. The van der Waals surface area contributed by atoms with E-state index in [2.05, 4.69) is 15.9 Å². The Hall–Kier alpha value is -0.390. The van der Waals surface area contributed by atoms with Gasteiger partial charge in [-0.2, -0.15) is 0 Å². The molecule has 0 aliphatic carbocycles. The first kappa shape index (κ1) is 12.1. The fraction of sp³-hybridized carbons (Fsp3) is 0.545. The lowest BCUT2D eigenvalue weighted by Gasteiger charge is -2.32. The lowest BCUT2D eigenvalue weighted by molar-refractivity contribution is -0.00948. The predicted molar refractivity (Wildman–Crippen MR) is 68.5 cm³/mol. The number of hydrogen-bond donors (Lipinski definition) is 0. The van der Waals surface area contributed by atoms with E-state index in [4.69, 9.17) is 4.74 Å². The van der Waals surface area contributed by atoms with Gasteiger partial charge in [-0.15, -0.1) is 11.3 Å². The summed E-state index contributed by atoms with van der Waals surface area (Å²) in [5, 5.41) is 2.74. The first-order chi connectivity index (χ1) is 7.72. The van der Waals surface area contributed by atoms with Gasteiger partial charge in [-0.05, 0) is 23.9 Å². The Labute approximate surface area is 108 Å². The summed E-state index contributed by atoms with van der Waals surface area (Å²) in [7, 11) is 0. The number of morpholine rings is 1. The van der Waals surface area contributed by atoms with Crippen LogP contribution in [0.4, 0.5) is 0 Å². The van der Waals surface area contributed by atoms with E-state index in [1.54, 1.807) is 0 Å². The highest BCUT2D eigenvalue weighted by Gasteiger charge is 2.25. The molecule has 2 heterocycles.